The number of hydrogen-bond acceptors (Lipinski definition) is 7. The number of aliphatic hydroxyl groups is 2. The molecular weight excluding hydrogens is 400 g/mol. The SMILES string of the molecule is Cc1cc(O)c(C(O)C(=O)O)cc1C(C(=O)O)c1cc(C(O)C(=O)O)c(O)cc1C. The summed E-state index contributed by atoms with van der Waals surface area (Å²) in [6.07, 6.45) is -4.21. The van der Waals surface area contributed by atoms with Gasteiger partial charge in [-0.05, 0) is 60.4 Å². The number of aliphatic hydroxyl groups excluding tert-OH is 2. The summed E-state index contributed by atoms with van der Waals surface area (Å²) in [6, 6.07) is 4.30. The number of benzene rings is 2. The van der Waals surface area contributed by atoms with Gasteiger partial charge in [0.25, 0.3) is 0 Å². The van der Waals surface area contributed by atoms with E-state index in [-0.39, 0.29) is 22.3 Å². The van der Waals surface area contributed by atoms with Gasteiger partial charge in [0.15, 0.2) is 12.2 Å². The van der Waals surface area contributed by atoms with Crippen LogP contribution in [-0.2, 0) is 14.4 Å². The highest BCUT2D eigenvalue weighted by Crippen LogP contribution is 2.38. The Hall–Kier alpha value is -3.63. The quantitative estimate of drug-likeness (QED) is 0.342. The molecule has 2 atom stereocenters. The molecule has 2 unspecified atom stereocenters. The van der Waals surface area contributed by atoms with Crippen LogP contribution in [-0.4, -0.2) is 53.7 Å². The number of phenolic OH excluding ortho intramolecular Hbond substituents is 2. The number of carboxylic acid groups (broad SMARTS) is 3. The lowest BCUT2D eigenvalue weighted by molar-refractivity contribution is -0.147. The molecule has 0 heterocycles. The molecule has 2 aromatic rings. The molecule has 10 heteroatoms. The molecule has 2 aromatic carbocycles. The number of aliphatic carboxylic acids is 3. The zero-order valence-electron chi connectivity index (χ0n) is 15.9. The molecule has 0 aliphatic rings. The number of carboxylic acids is 3. The highest BCUT2D eigenvalue weighted by atomic mass is 16.4. The highest BCUT2D eigenvalue weighted by Gasteiger charge is 2.31. The standard InChI is InChI=1S/C20H20O10/c1-7-3-13(21)11(16(23)19(27)28)5-9(7)15(18(25)26)10-6-12(17(24)20(29)30)14(22)4-8(10)2/h3-6,15-17,21-24H,1-2H3,(H,25,26)(H,27,28)(H,29,30). The molecule has 0 fully saturated rings. The van der Waals surface area contributed by atoms with Crippen LogP contribution < -0.4 is 0 Å². The summed E-state index contributed by atoms with van der Waals surface area (Å²) < 4.78 is 0. The third-order valence-electron chi connectivity index (χ3n) is 4.76. The lowest BCUT2D eigenvalue weighted by Crippen LogP contribution is -2.19. The van der Waals surface area contributed by atoms with Crippen LogP contribution in [0.2, 0.25) is 0 Å². The predicted molar refractivity (Wildman–Crippen MR) is 100 cm³/mol. The minimum atomic E-state index is -2.11. The lowest BCUT2D eigenvalue weighted by Gasteiger charge is -2.22. The molecule has 160 valence electrons. The van der Waals surface area contributed by atoms with Crippen molar-refractivity contribution in [3.05, 3.63) is 57.6 Å². The van der Waals surface area contributed by atoms with Crippen LogP contribution in [0.4, 0.5) is 0 Å². The van der Waals surface area contributed by atoms with Gasteiger partial charge in [0.05, 0.1) is 0 Å². The molecule has 0 saturated heterocycles. The minimum Gasteiger partial charge on any atom is -0.508 e. The third kappa shape index (κ3) is 4.19. The number of phenols is 2. The zero-order valence-corrected chi connectivity index (χ0v) is 15.9. The summed E-state index contributed by atoms with van der Waals surface area (Å²) in [6.45, 7) is 2.93. The van der Waals surface area contributed by atoms with E-state index >= 15 is 0 Å². The van der Waals surface area contributed by atoms with Crippen LogP contribution >= 0.6 is 0 Å². The molecule has 30 heavy (non-hydrogen) atoms. The van der Waals surface area contributed by atoms with Gasteiger partial charge in [-0.2, -0.15) is 0 Å². The topological polar surface area (TPSA) is 193 Å². The summed E-state index contributed by atoms with van der Waals surface area (Å²) in [4.78, 5) is 34.3. The number of hydrogen-bond donors (Lipinski definition) is 7. The van der Waals surface area contributed by atoms with Crippen molar-refractivity contribution in [1.82, 2.24) is 0 Å². The van der Waals surface area contributed by atoms with Crippen LogP contribution in [0.15, 0.2) is 24.3 Å². The molecule has 0 aliphatic carbocycles. The average molecular weight is 420 g/mol. The summed E-state index contributed by atoms with van der Waals surface area (Å²) >= 11 is 0. The maximum atomic E-state index is 12.1. The van der Waals surface area contributed by atoms with Crippen molar-refractivity contribution >= 4 is 17.9 Å². The van der Waals surface area contributed by atoms with E-state index in [9.17, 15) is 39.9 Å². The normalized spacial score (nSPS) is 14.0. The Labute approximate surface area is 169 Å². The summed E-state index contributed by atoms with van der Waals surface area (Å²) in [5.41, 5.74) is -0.267. The molecule has 0 spiro atoms. The molecule has 7 N–H and O–H groups in total. The van der Waals surface area contributed by atoms with Gasteiger partial charge in [-0.25, -0.2) is 9.59 Å². The molecule has 0 radical (unpaired) electrons. The predicted octanol–water partition coefficient (Wildman–Crippen LogP) is 1.17. The number of aryl methyl sites for hydroxylation is 2. The molecule has 2 rings (SSSR count). The second-order valence-corrected chi connectivity index (χ2v) is 6.79. The van der Waals surface area contributed by atoms with Crippen molar-refractivity contribution in [3.63, 3.8) is 0 Å². The number of carbonyl (C=O) groups is 3. The van der Waals surface area contributed by atoms with Crippen molar-refractivity contribution in [3.8, 4) is 11.5 Å². The average Bonchev–Trinajstić information content (AvgIpc) is 2.63. The van der Waals surface area contributed by atoms with Gasteiger partial charge in [-0.1, -0.05) is 0 Å². The first-order chi connectivity index (χ1) is 13.9. The Kier molecular flexibility index (Phi) is 6.34. The van der Waals surface area contributed by atoms with Crippen molar-refractivity contribution in [2.24, 2.45) is 0 Å². The van der Waals surface area contributed by atoms with Crippen LogP contribution in [0.1, 0.15) is 51.5 Å². The van der Waals surface area contributed by atoms with Gasteiger partial charge in [-0.3, -0.25) is 4.79 Å². The van der Waals surface area contributed by atoms with Crippen LogP contribution in [0.25, 0.3) is 0 Å². The molecule has 0 bridgehead atoms. The van der Waals surface area contributed by atoms with E-state index in [0.717, 1.165) is 24.3 Å². The summed E-state index contributed by atoms with van der Waals surface area (Å²) in [5, 5.41) is 67.5. The summed E-state index contributed by atoms with van der Waals surface area (Å²) in [5.74, 6) is -7.27. The lowest BCUT2D eigenvalue weighted by atomic mass is 9.83. The first kappa shape index (κ1) is 22.7. The highest BCUT2D eigenvalue weighted by molar-refractivity contribution is 5.83. The minimum absolute atomic E-state index is 0.0279. The first-order valence-electron chi connectivity index (χ1n) is 8.58. The van der Waals surface area contributed by atoms with Crippen molar-refractivity contribution in [2.75, 3.05) is 0 Å². The fourth-order valence-electron chi connectivity index (χ4n) is 3.21. The molecule has 10 nitrogen and oxygen atoms in total. The Morgan fingerprint density at radius 3 is 1.23 bits per heavy atom. The second-order valence-electron chi connectivity index (χ2n) is 6.79. The zero-order chi connectivity index (χ0) is 22.9. The fourth-order valence-corrected chi connectivity index (χ4v) is 3.21. The van der Waals surface area contributed by atoms with E-state index in [1.165, 1.54) is 13.8 Å². The Morgan fingerprint density at radius 2 is 0.967 bits per heavy atom. The van der Waals surface area contributed by atoms with Gasteiger partial charge in [0.2, 0.25) is 0 Å². The fraction of sp³-hybridized carbons (Fsp3) is 0.250. The van der Waals surface area contributed by atoms with Crippen molar-refractivity contribution in [1.29, 1.82) is 0 Å². The number of rotatable bonds is 7. The van der Waals surface area contributed by atoms with Crippen LogP contribution in [0, 0.1) is 13.8 Å². The van der Waals surface area contributed by atoms with E-state index < -0.39 is 58.7 Å². The maximum Gasteiger partial charge on any atom is 0.337 e. The third-order valence-corrected chi connectivity index (χ3v) is 4.76. The molecule has 0 amide bonds. The van der Waals surface area contributed by atoms with Gasteiger partial charge in [-0.15, -0.1) is 0 Å². The van der Waals surface area contributed by atoms with E-state index in [4.69, 9.17) is 10.2 Å². The molecular formula is C20H20O10. The first-order valence-corrected chi connectivity index (χ1v) is 8.58. The Bertz CT molecular complexity index is 951. The van der Waals surface area contributed by atoms with Gasteiger partial charge in [0.1, 0.15) is 17.4 Å². The van der Waals surface area contributed by atoms with E-state index in [0.29, 0.717) is 0 Å². The molecule has 0 aromatic heterocycles. The van der Waals surface area contributed by atoms with Crippen molar-refractivity contribution < 1.29 is 50.1 Å². The largest absolute Gasteiger partial charge is 0.508 e. The van der Waals surface area contributed by atoms with Gasteiger partial charge in [0, 0.05) is 11.1 Å². The smallest absolute Gasteiger partial charge is 0.337 e. The maximum absolute atomic E-state index is 12.1. The van der Waals surface area contributed by atoms with E-state index in [1.54, 1.807) is 0 Å². The van der Waals surface area contributed by atoms with Gasteiger partial charge < -0.3 is 35.7 Å². The number of aromatic hydroxyl groups is 2. The van der Waals surface area contributed by atoms with Crippen LogP contribution in [0.5, 0.6) is 11.5 Å². The summed E-state index contributed by atoms with van der Waals surface area (Å²) in [7, 11) is 0. The second kappa shape index (κ2) is 8.39. The van der Waals surface area contributed by atoms with Gasteiger partial charge >= 0.3 is 17.9 Å². The van der Waals surface area contributed by atoms with E-state index in [1.807, 2.05) is 0 Å². The monoisotopic (exact) mass is 420 g/mol. The van der Waals surface area contributed by atoms with E-state index in [2.05, 4.69) is 0 Å². The molecule has 0 saturated carbocycles. The Balaban J connectivity index is 2.77. The van der Waals surface area contributed by atoms with Crippen molar-refractivity contribution in [2.45, 2.75) is 32.0 Å². The molecule has 0 aliphatic heterocycles. The van der Waals surface area contributed by atoms with Crippen LogP contribution in [0.3, 0.4) is 0 Å². The Morgan fingerprint density at radius 1 is 0.633 bits per heavy atom.